The van der Waals surface area contributed by atoms with Gasteiger partial charge in [0.15, 0.2) is 0 Å². The molecule has 4 heteroatoms. The Kier molecular flexibility index (Phi) is 3.27. The molecule has 0 N–H and O–H groups in total. The maximum atomic E-state index is 4.56. The maximum absolute atomic E-state index is 4.56. The molecule has 0 aliphatic heterocycles. The Hall–Kier alpha value is -3.14. The normalized spacial score (nSPS) is 10.8. The monoisotopic (exact) mass is 300 g/mol. The second kappa shape index (κ2) is 5.57. The highest BCUT2D eigenvalue weighted by Crippen LogP contribution is 2.23. The molecule has 0 bridgehead atoms. The molecule has 0 radical (unpaired) electrons. The average molecular weight is 300 g/mol. The largest absolute Gasteiger partial charge is 0.306 e. The molecule has 0 amide bonds. The van der Waals surface area contributed by atoms with Gasteiger partial charge in [0, 0.05) is 29.8 Å². The van der Waals surface area contributed by atoms with Gasteiger partial charge in [-0.2, -0.15) is 5.10 Å². The molecule has 2 aromatic heterocycles. The summed E-state index contributed by atoms with van der Waals surface area (Å²) in [4.78, 5) is 4.56. The average Bonchev–Trinajstić information content (AvgIpc) is 3.27. The van der Waals surface area contributed by atoms with Crippen molar-refractivity contribution < 1.29 is 0 Å². The van der Waals surface area contributed by atoms with Crippen LogP contribution in [-0.4, -0.2) is 19.3 Å². The molecule has 0 unspecified atom stereocenters. The highest BCUT2D eigenvalue weighted by atomic mass is 15.3. The van der Waals surface area contributed by atoms with Crippen molar-refractivity contribution >= 4 is 0 Å². The molecule has 112 valence electrons. The quantitative estimate of drug-likeness (QED) is 0.572. The van der Waals surface area contributed by atoms with Crippen molar-refractivity contribution in [3.05, 3.63) is 85.1 Å². The van der Waals surface area contributed by atoms with Gasteiger partial charge in [0.25, 0.3) is 0 Å². The molecule has 0 saturated heterocycles. The van der Waals surface area contributed by atoms with Crippen LogP contribution in [0, 0.1) is 6.92 Å². The van der Waals surface area contributed by atoms with Gasteiger partial charge in [-0.1, -0.05) is 18.2 Å². The molecule has 2 heterocycles. The minimum atomic E-state index is 0.950. The van der Waals surface area contributed by atoms with Gasteiger partial charge in [-0.3, -0.25) is 0 Å². The van der Waals surface area contributed by atoms with E-state index < -0.39 is 0 Å². The van der Waals surface area contributed by atoms with Gasteiger partial charge in [-0.05, 0) is 48.9 Å². The van der Waals surface area contributed by atoms with Crippen LogP contribution in [0.5, 0.6) is 0 Å². The summed E-state index contributed by atoms with van der Waals surface area (Å²) in [5.74, 6) is 0. The van der Waals surface area contributed by atoms with Gasteiger partial charge < -0.3 is 4.57 Å². The first kappa shape index (κ1) is 13.5. The summed E-state index contributed by atoms with van der Waals surface area (Å²) >= 11 is 0. The molecule has 0 aliphatic rings. The molecule has 0 aliphatic carbocycles. The molecule has 0 atom stereocenters. The van der Waals surface area contributed by atoms with Crippen LogP contribution in [-0.2, 0) is 0 Å². The van der Waals surface area contributed by atoms with Crippen molar-refractivity contribution in [1.29, 1.82) is 0 Å². The van der Waals surface area contributed by atoms with E-state index in [2.05, 4.69) is 53.5 Å². The molecule has 0 saturated carbocycles. The third-order valence-corrected chi connectivity index (χ3v) is 3.76. The number of aromatic nitrogens is 4. The summed E-state index contributed by atoms with van der Waals surface area (Å²) in [5.41, 5.74) is 5.36. The summed E-state index contributed by atoms with van der Waals surface area (Å²) in [6.07, 6.45) is 7.63. The van der Waals surface area contributed by atoms with E-state index in [-0.39, 0.29) is 0 Å². The number of imidazole rings is 1. The van der Waals surface area contributed by atoms with Gasteiger partial charge in [0.2, 0.25) is 0 Å². The van der Waals surface area contributed by atoms with E-state index in [1.165, 1.54) is 5.56 Å². The van der Waals surface area contributed by atoms with Crippen LogP contribution >= 0.6 is 0 Å². The number of benzene rings is 2. The number of aryl methyl sites for hydroxylation is 1. The molecular formula is C19H16N4. The van der Waals surface area contributed by atoms with E-state index in [1.807, 2.05) is 46.0 Å². The highest BCUT2D eigenvalue weighted by molar-refractivity contribution is 5.63. The van der Waals surface area contributed by atoms with Crippen LogP contribution < -0.4 is 0 Å². The Bertz CT molecular complexity index is 921. The predicted octanol–water partition coefficient (Wildman–Crippen LogP) is 4.03. The molecule has 4 nitrogen and oxygen atoms in total. The van der Waals surface area contributed by atoms with E-state index in [9.17, 15) is 0 Å². The van der Waals surface area contributed by atoms with Gasteiger partial charge in [0.1, 0.15) is 0 Å². The SMILES string of the molecule is Cc1cc(-c2cn(-c3ccccc3)cn2)cc(-n2cccn2)c1. The van der Waals surface area contributed by atoms with E-state index >= 15 is 0 Å². The number of hydrogen-bond donors (Lipinski definition) is 0. The van der Waals surface area contributed by atoms with Gasteiger partial charge >= 0.3 is 0 Å². The second-order valence-electron chi connectivity index (χ2n) is 5.51. The van der Waals surface area contributed by atoms with Crippen LogP contribution in [0.1, 0.15) is 5.56 Å². The third-order valence-electron chi connectivity index (χ3n) is 3.76. The molecule has 0 fully saturated rings. The van der Waals surface area contributed by atoms with Crippen LogP contribution in [0.25, 0.3) is 22.6 Å². The lowest BCUT2D eigenvalue weighted by Crippen LogP contribution is -1.95. The zero-order valence-corrected chi connectivity index (χ0v) is 12.8. The van der Waals surface area contributed by atoms with E-state index in [0.29, 0.717) is 0 Å². The fourth-order valence-electron chi connectivity index (χ4n) is 2.68. The van der Waals surface area contributed by atoms with E-state index in [1.54, 1.807) is 6.20 Å². The number of nitrogens with zero attached hydrogens (tertiary/aromatic N) is 4. The molecule has 4 rings (SSSR count). The van der Waals surface area contributed by atoms with E-state index in [0.717, 1.165) is 22.6 Å². The molecule has 0 spiro atoms. The first-order valence-electron chi connectivity index (χ1n) is 7.51. The molecule has 2 aromatic carbocycles. The first-order valence-corrected chi connectivity index (χ1v) is 7.51. The standard InChI is InChI=1S/C19H16N4/c1-15-10-16(12-18(11-15)23-9-5-8-21-23)19-13-22(14-20-19)17-6-3-2-4-7-17/h2-14H,1H3. The summed E-state index contributed by atoms with van der Waals surface area (Å²) < 4.78 is 3.90. The topological polar surface area (TPSA) is 35.6 Å². The summed E-state index contributed by atoms with van der Waals surface area (Å²) in [5, 5.41) is 4.31. The lowest BCUT2D eigenvalue weighted by molar-refractivity contribution is 0.879. The highest BCUT2D eigenvalue weighted by Gasteiger charge is 2.07. The van der Waals surface area contributed by atoms with Gasteiger partial charge in [-0.25, -0.2) is 9.67 Å². The minimum Gasteiger partial charge on any atom is -0.306 e. The van der Waals surface area contributed by atoms with Gasteiger partial charge in [0.05, 0.1) is 17.7 Å². The number of para-hydroxylation sites is 1. The van der Waals surface area contributed by atoms with E-state index in [4.69, 9.17) is 0 Å². The summed E-state index contributed by atoms with van der Waals surface area (Å²) in [7, 11) is 0. The fraction of sp³-hybridized carbons (Fsp3) is 0.0526. The summed E-state index contributed by atoms with van der Waals surface area (Å²) in [6.45, 7) is 2.09. The maximum Gasteiger partial charge on any atom is 0.0999 e. The zero-order valence-electron chi connectivity index (χ0n) is 12.8. The number of hydrogen-bond acceptors (Lipinski definition) is 2. The lowest BCUT2D eigenvalue weighted by Gasteiger charge is -2.06. The first-order chi connectivity index (χ1) is 11.3. The Morgan fingerprint density at radius 3 is 2.57 bits per heavy atom. The lowest BCUT2D eigenvalue weighted by atomic mass is 10.1. The minimum absolute atomic E-state index is 0.950. The molecule has 4 aromatic rings. The smallest absolute Gasteiger partial charge is 0.0999 e. The van der Waals surface area contributed by atoms with Crippen molar-refractivity contribution in [1.82, 2.24) is 19.3 Å². The van der Waals surface area contributed by atoms with Crippen LogP contribution in [0.15, 0.2) is 79.5 Å². The van der Waals surface area contributed by atoms with Crippen molar-refractivity contribution in [2.45, 2.75) is 6.92 Å². The van der Waals surface area contributed by atoms with Crippen molar-refractivity contribution in [3.63, 3.8) is 0 Å². The van der Waals surface area contributed by atoms with Crippen molar-refractivity contribution in [2.24, 2.45) is 0 Å². The predicted molar refractivity (Wildman–Crippen MR) is 90.9 cm³/mol. The van der Waals surface area contributed by atoms with Crippen molar-refractivity contribution in [2.75, 3.05) is 0 Å². The Balaban J connectivity index is 1.75. The van der Waals surface area contributed by atoms with Crippen molar-refractivity contribution in [3.8, 4) is 22.6 Å². The number of rotatable bonds is 3. The van der Waals surface area contributed by atoms with Gasteiger partial charge in [-0.15, -0.1) is 0 Å². The zero-order chi connectivity index (χ0) is 15.6. The Morgan fingerprint density at radius 1 is 0.913 bits per heavy atom. The molecular weight excluding hydrogens is 284 g/mol. The fourth-order valence-corrected chi connectivity index (χ4v) is 2.68. The Morgan fingerprint density at radius 2 is 1.78 bits per heavy atom. The summed E-state index contributed by atoms with van der Waals surface area (Å²) in [6, 6.07) is 18.5. The second-order valence-corrected chi connectivity index (χ2v) is 5.51. The van der Waals surface area contributed by atoms with Crippen LogP contribution in [0.3, 0.4) is 0 Å². The van der Waals surface area contributed by atoms with Crippen LogP contribution in [0.2, 0.25) is 0 Å². The van der Waals surface area contributed by atoms with Crippen LogP contribution in [0.4, 0.5) is 0 Å². The Labute approximate surface area is 134 Å². The molecule has 23 heavy (non-hydrogen) atoms. The third kappa shape index (κ3) is 2.66.